The summed E-state index contributed by atoms with van der Waals surface area (Å²) in [7, 11) is 5.27. The molecule has 1 fully saturated rings. The van der Waals surface area contributed by atoms with E-state index in [2.05, 4.69) is 27.2 Å². The molecule has 0 unspecified atom stereocenters. The number of anilines is 1. The van der Waals surface area contributed by atoms with Gasteiger partial charge in [-0.15, -0.1) is 0 Å². The molecule has 0 bridgehead atoms. The minimum Gasteiger partial charge on any atom is -0.493 e. The Morgan fingerprint density at radius 3 is 2.46 bits per heavy atom. The summed E-state index contributed by atoms with van der Waals surface area (Å²) >= 11 is 0. The fourth-order valence-electron chi connectivity index (χ4n) is 3.10. The van der Waals surface area contributed by atoms with Gasteiger partial charge in [-0.1, -0.05) is 6.07 Å². The number of carbonyl (C=O) groups excluding carboxylic acids is 1. The molecule has 0 atom stereocenters. The molecule has 28 heavy (non-hydrogen) atoms. The van der Waals surface area contributed by atoms with Crippen LogP contribution in [0.2, 0.25) is 0 Å². The van der Waals surface area contributed by atoms with E-state index < -0.39 is 0 Å². The van der Waals surface area contributed by atoms with Crippen LogP contribution in [0, 0.1) is 6.92 Å². The van der Waals surface area contributed by atoms with Gasteiger partial charge in [-0.05, 0) is 37.7 Å². The Hall–Kier alpha value is -2.87. The van der Waals surface area contributed by atoms with E-state index in [0.29, 0.717) is 42.8 Å². The van der Waals surface area contributed by atoms with E-state index in [9.17, 15) is 4.79 Å². The largest absolute Gasteiger partial charge is 0.493 e. The van der Waals surface area contributed by atoms with Crippen molar-refractivity contribution in [2.75, 3.05) is 52.8 Å². The average Bonchev–Trinajstić information content (AvgIpc) is 2.71. The first kappa shape index (κ1) is 19.9. The molecule has 1 saturated heterocycles. The van der Waals surface area contributed by atoms with Crippen molar-refractivity contribution in [2.24, 2.45) is 0 Å². The molecule has 1 aliphatic rings. The van der Waals surface area contributed by atoms with Crippen molar-refractivity contribution in [1.82, 2.24) is 19.8 Å². The van der Waals surface area contributed by atoms with E-state index >= 15 is 0 Å². The highest BCUT2D eigenvalue weighted by Gasteiger charge is 2.22. The van der Waals surface area contributed by atoms with Crippen LogP contribution in [-0.2, 0) is 6.54 Å². The summed E-state index contributed by atoms with van der Waals surface area (Å²) in [6.07, 6.45) is 0. The summed E-state index contributed by atoms with van der Waals surface area (Å²) in [5.74, 6) is 1.73. The number of carbonyl (C=O) groups is 1. The number of aryl methyl sites for hydroxylation is 1. The van der Waals surface area contributed by atoms with Gasteiger partial charge in [0.25, 0.3) is 5.91 Å². The predicted octanol–water partition coefficient (Wildman–Crippen LogP) is 1.80. The van der Waals surface area contributed by atoms with Crippen LogP contribution in [-0.4, -0.2) is 73.1 Å². The number of hydrogen-bond donors (Lipinski definition) is 1. The molecule has 2 aromatic rings. The second kappa shape index (κ2) is 8.88. The van der Waals surface area contributed by atoms with Gasteiger partial charge in [0.05, 0.1) is 14.2 Å². The second-order valence-corrected chi connectivity index (χ2v) is 6.86. The summed E-state index contributed by atoms with van der Waals surface area (Å²) in [5.41, 5.74) is 2.17. The first-order valence-corrected chi connectivity index (χ1v) is 9.28. The average molecular weight is 385 g/mol. The number of ether oxygens (including phenoxy) is 2. The Labute approximate surface area is 165 Å². The second-order valence-electron chi connectivity index (χ2n) is 6.86. The van der Waals surface area contributed by atoms with Gasteiger partial charge < -0.3 is 24.6 Å². The zero-order chi connectivity index (χ0) is 20.1. The normalized spacial score (nSPS) is 14.6. The Bertz CT molecular complexity index is 835. The maximum Gasteiger partial charge on any atom is 0.272 e. The molecule has 3 rings (SSSR count). The van der Waals surface area contributed by atoms with E-state index in [4.69, 9.17) is 9.47 Å². The zero-order valence-electron chi connectivity index (χ0n) is 16.9. The van der Waals surface area contributed by atoms with E-state index in [0.717, 1.165) is 24.3 Å². The summed E-state index contributed by atoms with van der Waals surface area (Å²) < 4.78 is 10.6. The van der Waals surface area contributed by atoms with E-state index in [-0.39, 0.29) is 5.91 Å². The Morgan fingerprint density at radius 2 is 1.79 bits per heavy atom. The third-order valence-corrected chi connectivity index (χ3v) is 4.76. The van der Waals surface area contributed by atoms with Crippen LogP contribution in [0.3, 0.4) is 0 Å². The van der Waals surface area contributed by atoms with Crippen molar-refractivity contribution in [3.05, 3.63) is 41.2 Å². The van der Waals surface area contributed by atoms with Crippen LogP contribution in [0.5, 0.6) is 11.5 Å². The lowest BCUT2D eigenvalue weighted by molar-refractivity contribution is 0.0658. The number of hydrogen-bond acceptors (Lipinski definition) is 7. The molecular formula is C20H27N5O3. The minimum absolute atomic E-state index is 0.0484. The maximum atomic E-state index is 12.8. The van der Waals surface area contributed by atoms with Crippen molar-refractivity contribution in [1.29, 1.82) is 0 Å². The number of likely N-dealkylation sites (N-methyl/N-ethyl adjacent to an activating group) is 1. The van der Waals surface area contributed by atoms with Crippen LogP contribution in [0.1, 0.15) is 21.7 Å². The van der Waals surface area contributed by atoms with Gasteiger partial charge in [-0.2, -0.15) is 0 Å². The van der Waals surface area contributed by atoms with Crippen LogP contribution < -0.4 is 14.8 Å². The maximum absolute atomic E-state index is 12.8. The number of piperazine rings is 1. The molecule has 0 radical (unpaired) electrons. The van der Waals surface area contributed by atoms with Crippen molar-refractivity contribution in [3.8, 4) is 11.5 Å². The summed E-state index contributed by atoms with van der Waals surface area (Å²) in [4.78, 5) is 25.7. The molecule has 8 nitrogen and oxygen atoms in total. The highest BCUT2D eigenvalue weighted by Crippen LogP contribution is 2.27. The Morgan fingerprint density at radius 1 is 1.07 bits per heavy atom. The van der Waals surface area contributed by atoms with E-state index in [1.807, 2.05) is 30.0 Å². The van der Waals surface area contributed by atoms with Gasteiger partial charge >= 0.3 is 0 Å². The number of nitrogens with zero attached hydrogens (tertiary/aromatic N) is 4. The number of benzene rings is 1. The van der Waals surface area contributed by atoms with Gasteiger partial charge in [0, 0.05) is 38.4 Å². The highest BCUT2D eigenvalue weighted by molar-refractivity contribution is 5.92. The van der Waals surface area contributed by atoms with Crippen LogP contribution in [0.4, 0.5) is 5.95 Å². The van der Waals surface area contributed by atoms with Crippen LogP contribution >= 0.6 is 0 Å². The lowest BCUT2D eigenvalue weighted by Crippen LogP contribution is -2.47. The fourth-order valence-corrected chi connectivity index (χ4v) is 3.10. The smallest absolute Gasteiger partial charge is 0.272 e. The third-order valence-electron chi connectivity index (χ3n) is 4.76. The summed E-state index contributed by atoms with van der Waals surface area (Å²) in [6.45, 7) is 5.55. The predicted molar refractivity (Wildman–Crippen MR) is 107 cm³/mol. The molecule has 150 valence electrons. The number of aromatic nitrogens is 2. The molecule has 1 aromatic carbocycles. The summed E-state index contributed by atoms with van der Waals surface area (Å²) in [6, 6.07) is 7.44. The molecule has 1 aromatic heterocycles. The third kappa shape index (κ3) is 4.69. The first-order chi connectivity index (χ1) is 13.5. The van der Waals surface area contributed by atoms with Crippen molar-refractivity contribution in [2.45, 2.75) is 13.5 Å². The van der Waals surface area contributed by atoms with Crippen molar-refractivity contribution >= 4 is 11.9 Å². The van der Waals surface area contributed by atoms with Crippen LogP contribution in [0.25, 0.3) is 0 Å². The fraction of sp³-hybridized carbons (Fsp3) is 0.450. The molecular weight excluding hydrogens is 358 g/mol. The molecule has 8 heteroatoms. The summed E-state index contributed by atoms with van der Waals surface area (Å²) in [5, 5.41) is 3.20. The monoisotopic (exact) mass is 385 g/mol. The number of amides is 1. The van der Waals surface area contributed by atoms with Crippen molar-refractivity contribution < 1.29 is 14.3 Å². The van der Waals surface area contributed by atoms with Gasteiger partial charge in [0.2, 0.25) is 5.95 Å². The van der Waals surface area contributed by atoms with Gasteiger partial charge in [-0.3, -0.25) is 4.79 Å². The first-order valence-electron chi connectivity index (χ1n) is 9.28. The van der Waals surface area contributed by atoms with E-state index in [1.54, 1.807) is 20.3 Å². The zero-order valence-corrected chi connectivity index (χ0v) is 16.9. The SMILES string of the molecule is COc1ccc(CNc2nc(C)cc(C(=O)N3CCN(C)CC3)n2)cc1OC. The lowest BCUT2D eigenvalue weighted by Gasteiger charge is -2.32. The van der Waals surface area contributed by atoms with Gasteiger partial charge in [0.15, 0.2) is 11.5 Å². The molecule has 0 aliphatic carbocycles. The minimum atomic E-state index is -0.0484. The number of rotatable bonds is 6. The molecule has 0 spiro atoms. The number of nitrogens with one attached hydrogen (secondary N) is 1. The standard InChI is InChI=1S/C20H27N5O3/c1-14-11-16(19(26)25-9-7-24(2)8-10-25)23-20(22-14)21-13-15-5-6-17(27-3)18(12-15)28-4/h5-6,11-12H,7-10,13H2,1-4H3,(H,21,22,23). The molecule has 1 aliphatic heterocycles. The lowest BCUT2D eigenvalue weighted by atomic mass is 10.2. The van der Waals surface area contributed by atoms with Crippen LogP contribution in [0.15, 0.2) is 24.3 Å². The Balaban J connectivity index is 1.70. The molecule has 0 saturated carbocycles. The highest BCUT2D eigenvalue weighted by atomic mass is 16.5. The molecule has 1 amide bonds. The van der Waals surface area contributed by atoms with Gasteiger partial charge in [0.1, 0.15) is 5.69 Å². The Kier molecular flexibility index (Phi) is 6.30. The number of methoxy groups -OCH3 is 2. The van der Waals surface area contributed by atoms with Gasteiger partial charge in [-0.25, -0.2) is 9.97 Å². The molecule has 1 N–H and O–H groups in total. The molecule has 2 heterocycles. The quantitative estimate of drug-likeness (QED) is 0.812. The topological polar surface area (TPSA) is 79.8 Å². The van der Waals surface area contributed by atoms with Crippen molar-refractivity contribution in [3.63, 3.8) is 0 Å². The van der Waals surface area contributed by atoms with E-state index in [1.165, 1.54) is 0 Å².